The molecular formula is C18H22. The Kier molecular flexibility index (Phi) is 4.91. The topological polar surface area (TPSA) is 0 Å². The summed E-state index contributed by atoms with van der Waals surface area (Å²) in [6.07, 6.45) is 10.2. The lowest BCUT2D eigenvalue weighted by atomic mass is 9.88. The van der Waals surface area contributed by atoms with Crippen LogP contribution in [0.15, 0.2) is 60.7 Å². The molecule has 2 rings (SSSR count). The summed E-state index contributed by atoms with van der Waals surface area (Å²) in [5.41, 5.74) is 6.56. The molecule has 0 spiro atoms. The van der Waals surface area contributed by atoms with Gasteiger partial charge < -0.3 is 0 Å². The lowest BCUT2D eigenvalue weighted by molar-refractivity contribution is 0.939. The first kappa shape index (κ1) is 14.2. The van der Waals surface area contributed by atoms with Crippen molar-refractivity contribution in [2.24, 2.45) is 0 Å². The number of rotatable bonds is 3. The minimum absolute atomic E-state index is 0. The van der Waals surface area contributed by atoms with E-state index in [1.807, 2.05) is 12.2 Å². The molecule has 0 unspecified atom stereocenters. The van der Waals surface area contributed by atoms with Gasteiger partial charge in [0, 0.05) is 0 Å². The number of hydrogen-bond acceptors (Lipinski definition) is 0. The molecule has 94 valence electrons. The third kappa shape index (κ3) is 3.10. The van der Waals surface area contributed by atoms with Gasteiger partial charge in [0.15, 0.2) is 0 Å². The number of aryl methyl sites for hydroxylation is 2. The predicted molar refractivity (Wildman–Crippen MR) is 82.7 cm³/mol. The van der Waals surface area contributed by atoms with Gasteiger partial charge in [0.2, 0.25) is 0 Å². The molecule has 0 fully saturated rings. The van der Waals surface area contributed by atoms with Gasteiger partial charge in [-0.2, -0.15) is 0 Å². The van der Waals surface area contributed by atoms with Crippen LogP contribution in [0.25, 0.3) is 6.08 Å². The van der Waals surface area contributed by atoms with Gasteiger partial charge in [-0.1, -0.05) is 68.7 Å². The summed E-state index contributed by atoms with van der Waals surface area (Å²) in [5, 5.41) is 0. The number of fused-ring (bicyclic) bond motifs is 1. The van der Waals surface area contributed by atoms with Crippen LogP contribution in [0.2, 0.25) is 0 Å². The molecule has 0 amide bonds. The Balaban J connectivity index is 0.00000162. The number of hydrogen-bond donors (Lipinski definition) is 0. The number of benzene rings is 1. The van der Waals surface area contributed by atoms with Crippen LogP contribution in [0.3, 0.4) is 0 Å². The molecule has 0 saturated carbocycles. The monoisotopic (exact) mass is 238 g/mol. The van der Waals surface area contributed by atoms with E-state index in [9.17, 15) is 0 Å². The zero-order valence-electron chi connectivity index (χ0n) is 10.4. The SMILES string of the molecule is C.C=C/C=C\C(=C)C1=Cc2ccc(C)cc2CC1. The zero-order valence-corrected chi connectivity index (χ0v) is 10.4. The third-order valence-corrected chi connectivity index (χ3v) is 3.14. The van der Waals surface area contributed by atoms with E-state index in [0.717, 1.165) is 18.4 Å². The van der Waals surface area contributed by atoms with Crippen LogP contribution in [0.1, 0.15) is 30.5 Å². The van der Waals surface area contributed by atoms with Crippen molar-refractivity contribution in [1.29, 1.82) is 0 Å². The Morgan fingerprint density at radius 2 is 2.06 bits per heavy atom. The molecule has 0 aliphatic heterocycles. The molecule has 18 heavy (non-hydrogen) atoms. The molecule has 0 atom stereocenters. The average molecular weight is 238 g/mol. The van der Waals surface area contributed by atoms with Crippen molar-refractivity contribution in [3.63, 3.8) is 0 Å². The fourth-order valence-electron chi connectivity index (χ4n) is 2.17. The fraction of sp³-hybridized carbons (Fsp3) is 0.222. The smallest absolute Gasteiger partial charge is 0.0221 e. The minimum atomic E-state index is 0. The highest BCUT2D eigenvalue weighted by atomic mass is 14.2. The van der Waals surface area contributed by atoms with E-state index in [2.05, 4.69) is 44.4 Å². The molecular weight excluding hydrogens is 216 g/mol. The van der Waals surface area contributed by atoms with E-state index in [1.165, 1.54) is 22.3 Å². The molecule has 0 heterocycles. The van der Waals surface area contributed by atoms with Crippen molar-refractivity contribution >= 4 is 6.08 Å². The summed E-state index contributed by atoms with van der Waals surface area (Å²) >= 11 is 0. The van der Waals surface area contributed by atoms with E-state index in [-0.39, 0.29) is 7.43 Å². The Hall–Kier alpha value is -1.82. The van der Waals surface area contributed by atoms with Gasteiger partial charge in [0.1, 0.15) is 0 Å². The Morgan fingerprint density at radius 1 is 1.28 bits per heavy atom. The molecule has 0 heteroatoms. The summed E-state index contributed by atoms with van der Waals surface area (Å²) < 4.78 is 0. The largest absolute Gasteiger partial charge is 0.0991 e. The van der Waals surface area contributed by atoms with Crippen molar-refractivity contribution in [1.82, 2.24) is 0 Å². The van der Waals surface area contributed by atoms with Crippen molar-refractivity contribution < 1.29 is 0 Å². The molecule has 0 nitrogen and oxygen atoms in total. The highest BCUT2D eigenvalue weighted by molar-refractivity contribution is 5.65. The average Bonchev–Trinajstić information content (AvgIpc) is 2.35. The molecule has 0 radical (unpaired) electrons. The highest BCUT2D eigenvalue weighted by Crippen LogP contribution is 2.28. The van der Waals surface area contributed by atoms with Crippen molar-refractivity contribution in [3.05, 3.63) is 77.4 Å². The van der Waals surface area contributed by atoms with E-state index in [1.54, 1.807) is 6.08 Å². The lowest BCUT2D eigenvalue weighted by Gasteiger charge is -2.17. The maximum absolute atomic E-state index is 4.10. The van der Waals surface area contributed by atoms with Crippen LogP contribution in [0.4, 0.5) is 0 Å². The zero-order chi connectivity index (χ0) is 12.3. The fourth-order valence-corrected chi connectivity index (χ4v) is 2.17. The van der Waals surface area contributed by atoms with Crippen molar-refractivity contribution in [2.45, 2.75) is 27.2 Å². The predicted octanol–water partition coefficient (Wildman–Crippen LogP) is 5.26. The van der Waals surface area contributed by atoms with Crippen LogP contribution in [0, 0.1) is 6.92 Å². The molecule has 0 aromatic heterocycles. The molecule has 1 aromatic carbocycles. The molecule has 0 saturated heterocycles. The first-order valence-corrected chi connectivity index (χ1v) is 5.99. The summed E-state index contributed by atoms with van der Waals surface area (Å²) in [4.78, 5) is 0. The first-order chi connectivity index (χ1) is 8.20. The highest BCUT2D eigenvalue weighted by Gasteiger charge is 2.11. The summed E-state index contributed by atoms with van der Waals surface area (Å²) in [5.74, 6) is 0. The standard InChI is InChI=1S/C17H18.CH4/c1-4-5-6-14(3)15-9-10-16-11-13(2)7-8-17(16)12-15;/h4-8,11-12H,1,3,9-10H2,2H3;1H4/b6-5-;. The van der Waals surface area contributed by atoms with E-state index >= 15 is 0 Å². The molecule has 1 aromatic rings. The lowest BCUT2D eigenvalue weighted by Crippen LogP contribution is -2.00. The van der Waals surface area contributed by atoms with Gasteiger partial charge in [0.05, 0.1) is 0 Å². The molecule has 1 aliphatic carbocycles. The second-order valence-corrected chi connectivity index (χ2v) is 4.49. The molecule has 1 aliphatic rings. The van der Waals surface area contributed by atoms with Crippen LogP contribution < -0.4 is 0 Å². The number of allylic oxidation sites excluding steroid dienone is 5. The van der Waals surface area contributed by atoms with Crippen LogP contribution in [-0.2, 0) is 6.42 Å². The second kappa shape index (κ2) is 6.20. The Bertz CT molecular complexity index is 513. The Morgan fingerprint density at radius 3 is 2.78 bits per heavy atom. The van der Waals surface area contributed by atoms with Gasteiger partial charge >= 0.3 is 0 Å². The minimum Gasteiger partial charge on any atom is -0.0991 e. The molecule has 0 bridgehead atoms. The van der Waals surface area contributed by atoms with Gasteiger partial charge in [-0.15, -0.1) is 0 Å². The third-order valence-electron chi connectivity index (χ3n) is 3.14. The van der Waals surface area contributed by atoms with E-state index in [4.69, 9.17) is 0 Å². The maximum Gasteiger partial charge on any atom is -0.0221 e. The summed E-state index contributed by atoms with van der Waals surface area (Å²) in [6.45, 7) is 9.92. The van der Waals surface area contributed by atoms with Gasteiger partial charge in [0.25, 0.3) is 0 Å². The Labute approximate surface area is 111 Å². The summed E-state index contributed by atoms with van der Waals surface area (Å²) in [6, 6.07) is 6.65. The van der Waals surface area contributed by atoms with E-state index < -0.39 is 0 Å². The van der Waals surface area contributed by atoms with Gasteiger partial charge in [-0.05, 0) is 42.0 Å². The van der Waals surface area contributed by atoms with Crippen LogP contribution >= 0.6 is 0 Å². The van der Waals surface area contributed by atoms with Crippen molar-refractivity contribution in [3.8, 4) is 0 Å². The van der Waals surface area contributed by atoms with Gasteiger partial charge in [-0.3, -0.25) is 0 Å². The molecule has 0 N–H and O–H groups in total. The quantitative estimate of drug-likeness (QED) is 0.630. The normalized spacial score (nSPS) is 13.5. The maximum atomic E-state index is 4.10. The van der Waals surface area contributed by atoms with Crippen molar-refractivity contribution in [2.75, 3.05) is 0 Å². The second-order valence-electron chi connectivity index (χ2n) is 4.49. The van der Waals surface area contributed by atoms with Crippen LogP contribution in [0.5, 0.6) is 0 Å². The summed E-state index contributed by atoms with van der Waals surface area (Å²) in [7, 11) is 0. The van der Waals surface area contributed by atoms with Gasteiger partial charge in [-0.25, -0.2) is 0 Å². The first-order valence-electron chi connectivity index (χ1n) is 5.99. The van der Waals surface area contributed by atoms with E-state index in [0.29, 0.717) is 0 Å². The van der Waals surface area contributed by atoms with Crippen LogP contribution in [-0.4, -0.2) is 0 Å².